The number of carbonyl (C=O) groups is 1. The smallest absolute Gasteiger partial charge is 0.342 e. The van der Waals surface area contributed by atoms with Gasteiger partial charge in [0.2, 0.25) is 5.15 Å². The minimum absolute atomic E-state index is 0.0326. The zero-order valence-electron chi connectivity index (χ0n) is 15.9. The maximum atomic E-state index is 12.4. The Morgan fingerprint density at radius 1 is 1.39 bits per heavy atom. The Balaban J connectivity index is 1.70. The first-order valence-corrected chi connectivity index (χ1v) is 10.1. The standard InChI is InChI=1S/C19H24ClN3O5/c1-3-28-18(24)13-9-21-17(20)16(23(25)26)15(13)22-14-11-4-10-5-12(14)8-19(6-10,7-11)27-2/h9-12,14H,3-8H2,1-2H3,(H,21,22)/t10?,11-,12+,14?,19?. The van der Waals surface area contributed by atoms with Gasteiger partial charge < -0.3 is 14.8 Å². The van der Waals surface area contributed by atoms with Crippen molar-refractivity contribution in [3.8, 4) is 0 Å². The summed E-state index contributed by atoms with van der Waals surface area (Å²) in [6.45, 7) is 1.85. The molecule has 0 aliphatic heterocycles. The van der Waals surface area contributed by atoms with E-state index in [1.54, 1.807) is 14.0 Å². The second-order valence-electron chi connectivity index (χ2n) is 8.19. The highest BCUT2D eigenvalue weighted by molar-refractivity contribution is 6.32. The first-order chi connectivity index (χ1) is 13.4. The van der Waals surface area contributed by atoms with E-state index in [0.717, 1.165) is 32.1 Å². The van der Waals surface area contributed by atoms with Gasteiger partial charge in [-0.2, -0.15) is 0 Å². The Morgan fingerprint density at radius 3 is 2.64 bits per heavy atom. The number of anilines is 1. The number of methoxy groups -OCH3 is 1. The van der Waals surface area contributed by atoms with Crippen LogP contribution in [0.5, 0.6) is 0 Å². The highest BCUT2D eigenvalue weighted by Crippen LogP contribution is 2.58. The highest BCUT2D eigenvalue weighted by Gasteiger charge is 2.56. The fourth-order valence-electron chi connectivity index (χ4n) is 5.76. The normalized spacial score (nSPS) is 33.0. The molecular weight excluding hydrogens is 386 g/mol. The van der Waals surface area contributed by atoms with Crippen molar-refractivity contribution in [3.05, 3.63) is 27.0 Å². The minimum Gasteiger partial charge on any atom is -0.462 e. The topological polar surface area (TPSA) is 104 Å². The fraction of sp³-hybridized carbons (Fsp3) is 0.684. The average Bonchev–Trinajstić information content (AvgIpc) is 2.64. The van der Waals surface area contributed by atoms with Gasteiger partial charge in [-0.3, -0.25) is 10.1 Å². The molecule has 0 radical (unpaired) electrons. The molecule has 8 nitrogen and oxygen atoms in total. The maximum Gasteiger partial charge on any atom is 0.342 e. The molecule has 4 saturated carbocycles. The van der Waals surface area contributed by atoms with Crippen LogP contribution < -0.4 is 5.32 Å². The molecule has 28 heavy (non-hydrogen) atoms. The molecule has 1 N–H and O–H groups in total. The maximum absolute atomic E-state index is 12.4. The van der Waals surface area contributed by atoms with E-state index in [1.165, 1.54) is 6.20 Å². The summed E-state index contributed by atoms with van der Waals surface area (Å²) in [5.41, 5.74) is -0.274. The van der Waals surface area contributed by atoms with Crippen LogP contribution in [0, 0.1) is 27.9 Å². The van der Waals surface area contributed by atoms with Crippen LogP contribution >= 0.6 is 11.6 Å². The summed E-state index contributed by atoms with van der Waals surface area (Å²) in [6.07, 6.45) is 6.34. The average molecular weight is 410 g/mol. The van der Waals surface area contributed by atoms with Gasteiger partial charge in [0.05, 0.1) is 17.1 Å². The Kier molecular flexibility index (Phi) is 4.95. The number of ether oxygens (including phenoxy) is 2. The number of nitrogens with zero attached hydrogens (tertiary/aromatic N) is 2. The van der Waals surface area contributed by atoms with Crippen LogP contribution in [0.1, 0.15) is 49.4 Å². The van der Waals surface area contributed by atoms with Crippen molar-refractivity contribution in [3.63, 3.8) is 0 Å². The number of hydrogen-bond donors (Lipinski definition) is 1. The second-order valence-corrected chi connectivity index (χ2v) is 8.55. The van der Waals surface area contributed by atoms with E-state index in [4.69, 9.17) is 21.1 Å². The number of nitrogens with one attached hydrogen (secondary N) is 1. The monoisotopic (exact) mass is 409 g/mol. The molecule has 1 aromatic heterocycles. The van der Waals surface area contributed by atoms with Crippen LogP contribution in [-0.2, 0) is 9.47 Å². The largest absolute Gasteiger partial charge is 0.462 e. The lowest BCUT2D eigenvalue weighted by Gasteiger charge is -2.59. The summed E-state index contributed by atoms with van der Waals surface area (Å²) in [5.74, 6) is 0.672. The van der Waals surface area contributed by atoms with Gasteiger partial charge in [-0.05, 0) is 56.8 Å². The summed E-state index contributed by atoms with van der Waals surface area (Å²) >= 11 is 6.03. The number of carbonyl (C=O) groups excluding carboxylic acids is 1. The van der Waals surface area contributed by atoms with E-state index in [9.17, 15) is 14.9 Å². The van der Waals surface area contributed by atoms with Crippen molar-refractivity contribution < 1.29 is 19.2 Å². The number of pyridine rings is 1. The summed E-state index contributed by atoms with van der Waals surface area (Å²) in [5, 5.41) is 14.8. The molecule has 4 fully saturated rings. The Labute approximate surface area is 168 Å². The molecule has 0 aromatic carbocycles. The van der Waals surface area contributed by atoms with Crippen LogP contribution in [0.4, 0.5) is 11.4 Å². The van der Waals surface area contributed by atoms with Crippen molar-refractivity contribution in [2.45, 2.75) is 50.7 Å². The second kappa shape index (κ2) is 7.15. The third-order valence-electron chi connectivity index (χ3n) is 6.65. The number of nitro groups is 1. The van der Waals surface area contributed by atoms with Gasteiger partial charge in [-0.1, -0.05) is 11.6 Å². The number of halogens is 1. The number of hydrogen-bond acceptors (Lipinski definition) is 7. The number of rotatable bonds is 6. The van der Waals surface area contributed by atoms with E-state index in [-0.39, 0.29) is 40.3 Å². The van der Waals surface area contributed by atoms with Gasteiger partial charge in [-0.15, -0.1) is 0 Å². The molecule has 0 saturated heterocycles. The molecule has 5 rings (SSSR count). The van der Waals surface area contributed by atoms with Gasteiger partial charge in [0.1, 0.15) is 11.3 Å². The lowest BCUT2D eigenvalue weighted by Crippen LogP contribution is -2.59. The molecule has 4 bridgehead atoms. The van der Waals surface area contributed by atoms with Gasteiger partial charge in [0.15, 0.2) is 0 Å². The zero-order valence-corrected chi connectivity index (χ0v) is 16.7. The molecule has 152 valence electrons. The van der Waals surface area contributed by atoms with Crippen molar-refractivity contribution >= 4 is 28.9 Å². The summed E-state index contributed by atoms with van der Waals surface area (Å²) < 4.78 is 11.0. The van der Waals surface area contributed by atoms with Gasteiger partial charge in [-0.25, -0.2) is 9.78 Å². The molecule has 9 heteroatoms. The van der Waals surface area contributed by atoms with Crippen molar-refractivity contribution in [1.29, 1.82) is 0 Å². The zero-order chi connectivity index (χ0) is 20.1. The van der Waals surface area contributed by atoms with Crippen LogP contribution in [-0.4, -0.2) is 41.2 Å². The van der Waals surface area contributed by atoms with E-state index >= 15 is 0 Å². The van der Waals surface area contributed by atoms with Gasteiger partial charge in [0, 0.05) is 19.3 Å². The predicted molar refractivity (Wildman–Crippen MR) is 103 cm³/mol. The van der Waals surface area contributed by atoms with Crippen LogP contribution in [0.3, 0.4) is 0 Å². The van der Waals surface area contributed by atoms with E-state index in [2.05, 4.69) is 10.3 Å². The molecule has 4 aliphatic carbocycles. The first kappa shape index (κ1) is 19.4. The number of esters is 1. The van der Waals surface area contributed by atoms with Crippen LogP contribution in [0.25, 0.3) is 0 Å². The van der Waals surface area contributed by atoms with Gasteiger partial charge in [0.25, 0.3) is 0 Å². The third-order valence-corrected chi connectivity index (χ3v) is 6.92. The summed E-state index contributed by atoms with van der Waals surface area (Å²) in [4.78, 5) is 27.3. The van der Waals surface area contributed by atoms with Crippen molar-refractivity contribution in [2.75, 3.05) is 19.0 Å². The SMILES string of the molecule is CCOC(=O)c1cnc(Cl)c([N+](=O)[O-])c1NC1[C@@H]2CC3C[C@H]1CC(OC)(C3)C2. The molecular formula is C19H24ClN3O5. The lowest BCUT2D eigenvalue weighted by atomic mass is 9.52. The summed E-state index contributed by atoms with van der Waals surface area (Å²) in [7, 11) is 1.78. The number of aromatic nitrogens is 1. The van der Waals surface area contributed by atoms with E-state index in [0.29, 0.717) is 17.8 Å². The van der Waals surface area contributed by atoms with Crippen molar-refractivity contribution in [2.24, 2.45) is 17.8 Å². The van der Waals surface area contributed by atoms with E-state index in [1.807, 2.05) is 0 Å². The van der Waals surface area contributed by atoms with Crippen LogP contribution in [0.15, 0.2) is 6.20 Å². The molecule has 1 heterocycles. The molecule has 4 aliphatic rings. The molecule has 0 amide bonds. The Hall–Kier alpha value is -1.93. The van der Waals surface area contributed by atoms with Crippen LogP contribution in [0.2, 0.25) is 5.15 Å². The molecule has 0 spiro atoms. The Morgan fingerprint density at radius 2 is 2.07 bits per heavy atom. The van der Waals surface area contributed by atoms with E-state index < -0.39 is 10.9 Å². The fourth-order valence-corrected chi connectivity index (χ4v) is 5.97. The molecule has 5 atom stereocenters. The van der Waals surface area contributed by atoms with Gasteiger partial charge >= 0.3 is 11.7 Å². The minimum atomic E-state index is -0.644. The van der Waals surface area contributed by atoms with Crippen molar-refractivity contribution in [1.82, 2.24) is 4.98 Å². The quantitative estimate of drug-likeness (QED) is 0.329. The molecule has 3 unspecified atom stereocenters. The highest BCUT2D eigenvalue weighted by atomic mass is 35.5. The third kappa shape index (κ3) is 3.12. The Bertz CT molecular complexity index is 801. The first-order valence-electron chi connectivity index (χ1n) is 9.69. The predicted octanol–water partition coefficient (Wildman–Crippen LogP) is 3.83. The molecule has 1 aromatic rings. The lowest BCUT2D eigenvalue weighted by molar-refractivity contribution is -0.384. The summed E-state index contributed by atoms with van der Waals surface area (Å²) in [6, 6.07) is 0.0326.